The highest BCUT2D eigenvalue weighted by molar-refractivity contribution is 7.99. The molecule has 3 rings (SSSR count). The number of piperazine rings is 1. The number of carbonyl (C=O) groups is 1. The van der Waals surface area contributed by atoms with Crippen molar-refractivity contribution in [1.29, 1.82) is 0 Å². The third-order valence-electron chi connectivity index (χ3n) is 4.04. The van der Waals surface area contributed by atoms with Gasteiger partial charge in [0.15, 0.2) is 5.78 Å². The molecule has 7 heteroatoms. The summed E-state index contributed by atoms with van der Waals surface area (Å²) in [6, 6.07) is 0. The molecule has 0 aromatic carbocycles. The quantitative estimate of drug-likeness (QED) is 0.639. The maximum atomic E-state index is 12.3. The van der Waals surface area contributed by atoms with E-state index in [1.807, 2.05) is 6.26 Å². The Morgan fingerprint density at radius 1 is 1.33 bits per heavy atom. The van der Waals surface area contributed by atoms with E-state index in [0.717, 1.165) is 53.8 Å². The summed E-state index contributed by atoms with van der Waals surface area (Å²) in [5.74, 6) is 0.455. The molecule has 1 aromatic rings. The lowest BCUT2D eigenvalue weighted by Gasteiger charge is -2.32. The second-order valence-electron chi connectivity index (χ2n) is 5.75. The van der Waals surface area contributed by atoms with E-state index in [0.29, 0.717) is 5.69 Å². The van der Waals surface area contributed by atoms with Crippen molar-refractivity contribution in [2.24, 2.45) is 5.92 Å². The van der Waals surface area contributed by atoms with Crippen molar-refractivity contribution >= 4 is 39.6 Å². The highest BCUT2D eigenvalue weighted by atomic mass is 32.2. The molecule has 2 fully saturated rings. The first-order valence-corrected chi connectivity index (χ1v) is 9.35. The van der Waals surface area contributed by atoms with Gasteiger partial charge in [-0.05, 0) is 26.1 Å². The van der Waals surface area contributed by atoms with Crippen LogP contribution in [0.2, 0.25) is 0 Å². The fourth-order valence-electron chi connectivity index (χ4n) is 2.48. The normalized spacial score (nSPS) is 20.7. The number of ketones is 1. The van der Waals surface area contributed by atoms with Gasteiger partial charge in [-0.3, -0.25) is 4.79 Å². The van der Waals surface area contributed by atoms with Crippen LogP contribution in [0.1, 0.15) is 22.5 Å². The van der Waals surface area contributed by atoms with Crippen molar-refractivity contribution in [3.05, 3.63) is 4.88 Å². The van der Waals surface area contributed by atoms with Crippen LogP contribution in [0.15, 0.2) is 4.90 Å². The van der Waals surface area contributed by atoms with E-state index in [1.165, 1.54) is 11.3 Å². The monoisotopic (exact) mass is 326 g/mol. The highest BCUT2D eigenvalue weighted by Gasteiger charge is 2.34. The molecule has 1 saturated carbocycles. The van der Waals surface area contributed by atoms with E-state index in [-0.39, 0.29) is 11.7 Å². The number of nitrogen functional groups attached to an aromatic ring is 1. The molecule has 0 unspecified atom stereocenters. The fraction of sp³-hybridized carbons (Fsp3) is 0.643. The maximum Gasteiger partial charge on any atom is 0.178 e. The average Bonchev–Trinajstić information content (AvgIpc) is 3.27. The number of hydrogen-bond acceptors (Lipinski definition) is 7. The zero-order valence-corrected chi connectivity index (χ0v) is 14.1. The number of likely N-dealkylation sites (N-methyl/N-ethyl adjacent to an activating group) is 1. The number of rotatable bonds is 5. The van der Waals surface area contributed by atoms with E-state index in [2.05, 4.69) is 22.4 Å². The molecular weight excluding hydrogens is 304 g/mol. The van der Waals surface area contributed by atoms with Gasteiger partial charge in [-0.15, -0.1) is 23.1 Å². The zero-order chi connectivity index (χ0) is 15.0. The number of thioether (sulfide) groups is 1. The lowest BCUT2D eigenvalue weighted by molar-refractivity contribution is 0.0972. The van der Waals surface area contributed by atoms with Crippen LogP contribution in [-0.4, -0.2) is 55.2 Å². The molecule has 1 aliphatic carbocycles. The summed E-state index contributed by atoms with van der Waals surface area (Å²) in [5, 5.41) is 3.24. The van der Waals surface area contributed by atoms with Gasteiger partial charge in [0.05, 0.1) is 15.5 Å². The Hall–Kier alpha value is -0.760. The average molecular weight is 326 g/mol. The lowest BCUT2D eigenvalue weighted by Crippen LogP contribution is -2.46. The van der Waals surface area contributed by atoms with E-state index >= 15 is 0 Å². The van der Waals surface area contributed by atoms with Crippen LogP contribution in [0, 0.1) is 5.92 Å². The van der Waals surface area contributed by atoms with E-state index in [4.69, 9.17) is 5.73 Å². The molecule has 116 valence electrons. The van der Waals surface area contributed by atoms with Gasteiger partial charge in [-0.25, -0.2) is 5.01 Å². The van der Waals surface area contributed by atoms with Gasteiger partial charge in [0.25, 0.3) is 0 Å². The summed E-state index contributed by atoms with van der Waals surface area (Å²) in [6.45, 7) is 4.06. The minimum Gasteiger partial charge on any atom is -0.396 e. The molecule has 3 N–H and O–H groups in total. The van der Waals surface area contributed by atoms with Crippen LogP contribution >= 0.6 is 23.1 Å². The first kappa shape index (κ1) is 15.1. The molecule has 0 radical (unpaired) electrons. The number of nitrogens with one attached hydrogen (secondary N) is 1. The minimum absolute atomic E-state index is 0.220. The number of anilines is 2. The number of hydrogen-bond donors (Lipinski definition) is 2. The molecule has 2 heterocycles. The van der Waals surface area contributed by atoms with Crippen molar-refractivity contribution in [1.82, 2.24) is 9.91 Å². The van der Waals surface area contributed by atoms with Crippen molar-refractivity contribution in [2.75, 3.05) is 50.6 Å². The number of carbonyl (C=O) groups excluding carboxylic acids is 1. The molecule has 0 atom stereocenters. The minimum atomic E-state index is 0.220. The van der Waals surface area contributed by atoms with Gasteiger partial charge in [-0.1, -0.05) is 0 Å². The van der Waals surface area contributed by atoms with Crippen LogP contribution < -0.4 is 11.2 Å². The van der Waals surface area contributed by atoms with Crippen molar-refractivity contribution in [3.63, 3.8) is 0 Å². The SMILES string of the molecule is CSc1c(NN2CCN(C)CC2)sc(C(=O)C2CC2)c1N. The first-order valence-electron chi connectivity index (χ1n) is 7.30. The van der Waals surface area contributed by atoms with Crippen LogP contribution in [-0.2, 0) is 0 Å². The van der Waals surface area contributed by atoms with Crippen LogP contribution in [0.5, 0.6) is 0 Å². The summed E-state index contributed by atoms with van der Waals surface area (Å²) < 4.78 is 0. The molecule has 5 nitrogen and oxygen atoms in total. The fourth-order valence-corrected chi connectivity index (χ4v) is 4.53. The Labute approximate surface area is 133 Å². The van der Waals surface area contributed by atoms with Crippen molar-refractivity contribution < 1.29 is 4.79 Å². The number of nitrogens with zero attached hydrogens (tertiary/aromatic N) is 2. The third-order valence-corrected chi connectivity index (χ3v) is 6.12. The number of Topliss-reactive ketones (excluding diaryl/α,β-unsaturated/α-hetero) is 1. The van der Waals surface area contributed by atoms with Gasteiger partial charge < -0.3 is 16.1 Å². The maximum absolute atomic E-state index is 12.3. The number of thiophene rings is 1. The van der Waals surface area contributed by atoms with E-state index in [1.54, 1.807) is 11.8 Å². The standard InChI is InChI=1S/C14H22N4OS2/c1-17-5-7-18(8-6-17)16-14-13(20-2)10(15)12(21-14)11(19)9-3-4-9/h9,16H,3-8,15H2,1-2H3. The Kier molecular flexibility index (Phi) is 4.44. The van der Waals surface area contributed by atoms with Crippen LogP contribution in [0.4, 0.5) is 10.7 Å². The summed E-state index contributed by atoms with van der Waals surface area (Å²) in [6.07, 6.45) is 4.05. The van der Waals surface area contributed by atoms with Crippen LogP contribution in [0.3, 0.4) is 0 Å². The summed E-state index contributed by atoms with van der Waals surface area (Å²) in [4.78, 5) is 16.4. The Bertz CT molecular complexity index is 533. The summed E-state index contributed by atoms with van der Waals surface area (Å²) in [7, 11) is 2.14. The van der Waals surface area contributed by atoms with Gasteiger partial charge in [-0.2, -0.15) is 0 Å². The molecule has 21 heavy (non-hydrogen) atoms. The zero-order valence-electron chi connectivity index (χ0n) is 12.5. The Morgan fingerprint density at radius 3 is 2.57 bits per heavy atom. The molecule has 0 bridgehead atoms. The highest BCUT2D eigenvalue weighted by Crippen LogP contribution is 2.45. The summed E-state index contributed by atoms with van der Waals surface area (Å²) >= 11 is 3.13. The summed E-state index contributed by atoms with van der Waals surface area (Å²) in [5.41, 5.74) is 10.3. The third kappa shape index (κ3) is 3.21. The van der Waals surface area contributed by atoms with Gasteiger partial charge >= 0.3 is 0 Å². The van der Waals surface area contributed by atoms with Crippen LogP contribution in [0.25, 0.3) is 0 Å². The first-order chi connectivity index (χ1) is 10.1. The van der Waals surface area contributed by atoms with Crippen molar-refractivity contribution in [3.8, 4) is 0 Å². The molecule has 2 aliphatic rings. The van der Waals surface area contributed by atoms with E-state index in [9.17, 15) is 4.79 Å². The Morgan fingerprint density at radius 2 is 2.00 bits per heavy atom. The van der Waals surface area contributed by atoms with Gasteiger partial charge in [0, 0.05) is 32.1 Å². The topological polar surface area (TPSA) is 61.6 Å². The molecule has 0 amide bonds. The number of hydrazine groups is 1. The molecule has 1 aliphatic heterocycles. The van der Waals surface area contributed by atoms with Gasteiger partial charge in [0.2, 0.25) is 0 Å². The molecular formula is C14H22N4OS2. The van der Waals surface area contributed by atoms with E-state index < -0.39 is 0 Å². The molecule has 1 aromatic heterocycles. The molecule has 0 spiro atoms. The predicted octanol–water partition coefficient (Wildman–Crippen LogP) is 2.22. The smallest absolute Gasteiger partial charge is 0.178 e. The lowest BCUT2D eigenvalue weighted by atomic mass is 10.2. The molecule has 1 saturated heterocycles. The predicted molar refractivity (Wildman–Crippen MR) is 90.3 cm³/mol. The second kappa shape index (κ2) is 6.16. The second-order valence-corrected chi connectivity index (χ2v) is 7.59. The van der Waals surface area contributed by atoms with Gasteiger partial charge in [0.1, 0.15) is 5.00 Å². The largest absolute Gasteiger partial charge is 0.396 e. The van der Waals surface area contributed by atoms with Crippen molar-refractivity contribution in [2.45, 2.75) is 17.7 Å². The Balaban J connectivity index is 1.77. The number of nitrogens with two attached hydrogens (primary N) is 1.